The lowest BCUT2D eigenvalue weighted by molar-refractivity contribution is -0.152. The Morgan fingerprint density at radius 2 is 1.96 bits per heavy atom. The van der Waals surface area contributed by atoms with Crippen LogP contribution in [0.3, 0.4) is 0 Å². The molecule has 8 heteroatoms. The van der Waals surface area contributed by atoms with Gasteiger partial charge in [-0.1, -0.05) is 0 Å². The van der Waals surface area contributed by atoms with Crippen LogP contribution in [0.5, 0.6) is 0 Å². The van der Waals surface area contributed by atoms with Gasteiger partial charge >= 0.3 is 12.1 Å². The highest BCUT2D eigenvalue weighted by Gasteiger charge is 2.30. The summed E-state index contributed by atoms with van der Waals surface area (Å²) in [6.45, 7) is 4.86. The molecule has 0 unspecified atom stereocenters. The van der Waals surface area contributed by atoms with Crippen molar-refractivity contribution in [3.05, 3.63) is 35.5 Å². The first kappa shape index (κ1) is 18.5. The van der Waals surface area contributed by atoms with Gasteiger partial charge in [0, 0.05) is 11.1 Å². The van der Waals surface area contributed by atoms with Gasteiger partial charge in [0.1, 0.15) is 23.9 Å². The lowest BCUT2D eigenvalue weighted by Gasteiger charge is -2.20. The molecule has 0 atom stereocenters. The number of hydrogen-bond donors (Lipinski definition) is 1. The molecule has 1 heterocycles. The molecule has 0 spiro atoms. The lowest BCUT2D eigenvalue weighted by atomic mass is 10.1. The number of benzene rings is 1. The molecule has 2 aromatic rings. The van der Waals surface area contributed by atoms with E-state index in [-0.39, 0.29) is 28.8 Å². The van der Waals surface area contributed by atoms with Crippen LogP contribution in [-0.4, -0.2) is 23.1 Å². The van der Waals surface area contributed by atoms with E-state index < -0.39 is 23.3 Å². The van der Waals surface area contributed by atoms with Crippen molar-refractivity contribution in [2.45, 2.75) is 32.5 Å². The molecule has 0 aliphatic rings. The smallest absolute Gasteiger partial charge is 0.416 e. The third-order valence-corrected chi connectivity index (χ3v) is 3.09. The zero-order chi connectivity index (χ0) is 18.8. The van der Waals surface area contributed by atoms with Crippen molar-refractivity contribution >= 4 is 22.6 Å². The third-order valence-electron chi connectivity index (χ3n) is 3.09. The number of hydrogen-bond acceptors (Lipinski definition) is 5. The number of anilines is 1. The maximum Gasteiger partial charge on any atom is 0.416 e. The Balaban J connectivity index is 2.39. The SMILES string of the molecule is CC(C)(C)OC(=O)CNc1cc(C#N)nc2ccc(C(F)(F)F)cc12. The molecule has 0 bridgehead atoms. The fourth-order valence-corrected chi connectivity index (χ4v) is 2.15. The molecule has 1 aromatic carbocycles. The van der Waals surface area contributed by atoms with Crippen LogP contribution in [0.25, 0.3) is 10.9 Å². The summed E-state index contributed by atoms with van der Waals surface area (Å²) in [4.78, 5) is 15.8. The van der Waals surface area contributed by atoms with Gasteiger partial charge in [0.15, 0.2) is 0 Å². The number of nitriles is 1. The van der Waals surface area contributed by atoms with Crippen molar-refractivity contribution in [3.8, 4) is 6.07 Å². The van der Waals surface area contributed by atoms with Crippen LogP contribution in [-0.2, 0) is 15.7 Å². The Bertz CT molecular complexity index is 849. The second kappa shape index (κ2) is 6.59. The standard InChI is InChI=1S/C17H16F3N3O2/c1-16(2,3)25-15(24)9-22-14-7-11(8-21)23-13-5-4-10(6-12(13)14)17(18,19)20/h4-7H,9H2,1-3H3,(H,22,23). The van der Waals surface area contributed by atoms with Gasteiger partial charge in [0.05, 0.1) is 11.1 Å². The van der Waals surface area contributed by atoms with Crippen LogP contribution < -0.4 is 5.32 Å². The van der Waals surface area contributed by atoms with Crippen LogP contribution in [0.15, 0.2) is 24.3 Å². The van der Waals surface area contributed by atoms with Crippen LogP contribution in [0.2, 0.25) is 0 Å². The van der Waals surface area contributed by atoms with Crippen molar-refractivity contribution in [1.29, 1.82) is 5.26 Å². The van der Waals surface area contributed by atoms with Crippen molar-refractivity contribution in [2.75, 3.05) is 11.9 Å². The summed E-state index contributed by atoms with van der Waals surface area (Å²) in [6.07, 6.45) is -4.51. The average molecular weight is 351 g/mol. The normalized spacial score (nSPS) is 11.9. The van der Waals surface area contributed by atoms with Crippen molar-refractivity contribution in [1.82, 2.24) is 4.98 Å². The highest BCUT2D eigenvalue weighted by atomic mass is 19.4. The highest BCUT2D eigenvalue weighted by Crippen LogP contribution is 2.33. The molecule has 5 nitrogen and oxygen atoms in total. The molecular formula is C17H16F3N3O2. The Morgan fingerprint density at radius 3 is 2.52 bits per heavy atom. The number of carbonyl (C=O) groups is 1. The number of ether oxygens (including phenoxy) is 1. The number of nitrogens with zero attached hydrogens (tertiary/aromatic N) is 2. The van der Waals surface area contributed by atoms with E-state index in [0.29, 0.717) is 0 Å². The van der Waals surface area contributed by atoms with Gasteiger partial charge < -0.3 is 10.1 Å². The molecule has 0 fully saturated rings. The van der Waals surface area contributed by atoms with E-state index in [1.807, 2.05) is 6.07 Å². The molecule has 0 amide bonds. The number of fused-ring (bicyclic) bond motifs is 1. The summed E-state index contributed by atoms with van der Waals surface area (Å²) in [7, 11) is 0. The first-order valence-corrected chi connectivity index (χ1v) is 7.37. The second-order valence-corrected chi connectivity index (χ2v) is 6.34. The fourth-order valence-electron chi connectivity index (χ4n) is 2.15. The summed E-state index contributed by atoms with van der Waals surface area (Å²) in [5.41, 5.74) is -1.07. The monoisotopic (exact) mass is 351 g/mol. The Labute approximate surface area is 142 Å². The summed E-state index contributed by atoms with van der Waals surface area (Å²) >= 11 is 0. The van der Waals surface area contributed by atoms with Crippen LogP contribution in [0.4, 0.5) is 18.9 Å². The van der Waals surface area contributed by atoms with E-state index in [0.717, 1.165) is 12.1 Å². The number of aromatic nitrogens is 1. The maximum absolute atomic E-state index is 12.9. The molecule has 0 radical (unpaired) electrons. The van der Waals surface area contributed by atoms with E-state index in [2.05, 4.69) is 10.3 Å². The van der Waals surface area contributed by atoms with Crippen molar-refractivity contribution in [2.24, 2.45) is 0 Å². The van der Waals surface area contributed by atoms with Gasteiger partial charge in [-0.3, -0.25) is 4.79 Å². The van der Waals surface area contributed by atoms with E-state index in [9.17, 15) is 18.0 Å². The van der Waals surface area contributed by atoms with Gasteiger partial charge in [0.25, 0.3) is 0 Å². The summed E-state index contributed by atoms with van der Waals surface area (Å²) in [6, 6.07) is 6.16. The predicted octanol–water partition coefficient (Wildman–Crippen LogP) is 3.88. The van der Waals surface area contributed by atoms with Gasteiger partial charge in [-0.05, 0) is 45.0 Å². The molecule has 1 aromatic heterocycles. The zero-order valence-electron chi connectivity index (χ0n) is 13.9. The summed E-state index contributed by atoms with van der Waals surface area (Å²) in [5, 5.41) is 11.9. The van der Waals surface area contributed by atoms with E-state index in [1.54, 1.807) is 20.8 Å². The molecule has 0 aliphatic heterocycles. The largest absolute Gasteiger partial charge is 0.459 e. The van der Waals surface area contributed by atoms with E-state index in [4.69, 9.17) is 10.00 Å². The second-order valence-electron chi connectivity index (χ2n) is 6.34. The van der Waals surface area contributed by atoms with E-state index >= 15 is 0 Å². The van der Waals surface area contributed by atoms with Crippen molar-refractivity contribution in [3.63, 3.8) is 0 Å². The highest BCUT2D eigenvalue weighted by molar-refractivity contribution is 5.93. The Kier molecular flexibility index (Phi) is 4.88. The molecular weight excluding hydrogens is 335 g/mol. The molecule has 0 saturated heterocycles. The summed E-state index contributed by atoms with van der Waals surface area (Å²) in [5.74, 6) is -0.567. The number of halogens is 3. The Hall–Kier alpha value is -2.82. The summed E-state index contributed by atoms with van der Waals surface area (Å²) < 4.78 is 43.9. The number of carbonyl (C=O) groups excluding carboxylic acids is 1. The van der Waals surface area contributed by atoms with Crippen molar-refractivity contribution < 1.29 is 22.7 Å². The maximum atomic E-state index is 12.9. The fraction of sp³-hybridized carbons (Fsp3) is 0.353. The zero-order valence-corrected chi connectivity index (χ0v) is 13.9. The molecule has 0 saturated carbocycles. The van der Waals surface area contributed by atoms with Crippen LogP contribution in [0.1, 0.15) is 32.0 Å². The topological polar surface area (TPSA) is 75.0 Å². The van der Waals surface area contributed by atoms with Gasteiger partial charge in [-0.25, -0.2) is 4.98 Å². The number of esters is 1. The minimum absolute atomic E-state index is 0.0268. The molecule has 1 N–H and O–H groups in total. The van der Waals surface area contributed by atoms with E-state index in [1.165, 1.54) is 12.1 Å². The van der Waals surface area contributed by atoms with Crippen LogP contribution in [0, 0.1) is 11.3 Å². The third kappa shape index (κ3) is 4.83. The molecule has 25 heavy (non-hydrogen) atoms. The quantitative estimate of drug-likeness (QED) is 0.850. The van der Waals surface area contributed by atoms with Gasteiger partial charge in [-0.2, -0.15) is 18.4 Å². The van der Waals surface area contributed by atoms with Crippen LogP contribution >= 0.6 is 0 Å². The molecule has 0 aliphatic carbocycles. The predicted molar refractivity (Wildman–Crippen MR) is 85.8 cm³/mol. The van der Waals surface area contributed by atoms with Gasteiger partial charge in [-0.15, -0.1) is 0 Å². The lowest BCUT2D eigenvalue weighted by Crippen LogP contribution is -2.28. The minimum Gasteiger partial charge on any atom is -0.459 e. The first-order chi connectivity index (χ1) is 11.5. The minimum atomic E-state index is -4.51. The molecule has 132 valence electrons. The Morgan fingerprint density at radius 1 is 1.28 bits per heavy atom. The van der Waals surface area contributed by atoms with Gasteiger partial charge in [0.2, 0.25) is 0 Å². The number of pyridine rings is 1. The first-order valence-electron chi connectivity index (χ1n) is 7.37. The number of rotatable bonds is 3. The average Bonchev–Trinajstić information content (AvgIpc) is 2.49. The molecule has 2 rings (SSSR count). The number of nitrogens with one attached hydrogen (secondary N) is 1. The number of alkyl halides is 3.